The van der Waals surface area contributed by atoms with Gasteiger partial charge in [0.1, 0.15) is 11.5 Å². The van der Waals surface area contributed by atoms with Gasteiger partial charge >= 0.3 is 0 Å². The predicted octanol–water partition coefficient (Wildman–Crippen LogP) is 4.47. The smallest absolute Gasteiger partial charge is 0.247 e. The van der Waals surface area contributed by atoms with Gasteiger partial charge in [0.25, 0.3) is 0 Å². The van der Waals surface area contributed by atoms with Crippen molar-refractivity contribution in [1.82, 2.24) is 0 Å². The monoisotopic (exact) mass is 404 g/mol. The Labute approximate surface area is 175 Å². The Balaban J connectivity index is 2.73. The van der Waals surface area contributed by atoms with Crippen LogP contribution in [0.4, 0.5) is 11.4 Å². The van der Waals surface area contributed by atoms with E-state index in [-0.39, 0.29) is 22.9 Å². The summed E-state index contributed by atoms with van der Waals surface area (Å²) in [7, 11) is 0. The molecule has 0 atom stereocenters. The van der Waals surface area contributed by atoms with Crippen LogP contribution in [0.1, 0.15) is 11.1 Å². The van der Waals surface area contributed by atoms with E-state index in [2.05, 4.69) is 36.9 Å². The molecule has 6 nitrogen and oxygen atoms in total. The van der Waals surface area contributed by atoms with Gasteiger partial charge in [-0.2, -0.15) is 0 Å². The van der Waals surface area contributed by atoms with E-state index in [1.54, 1.807) is 30.4 Å². The first kappa shape index (κ1) is 22.2. The Bertz CT molecular complexity index is 1040. The van der Waals surface area contributed by atoms with E-state index in [4.69, 9.17) is 0 Å². The van der Waals surface area contributed by atoms with Crippen molar-refractivity contribution in [3.8, 4) is 22.6 Å². The molecule has 2 aromatic rings. The molecule has 4 N–H and O–H groups in total. The van der Waals surface area contributed by atoms with Gasteiger partial charge in [-0.25, -0.2) is 0 Å². The second-order valence-corrected chi connectivity index (χ2v) is 6.44. The average Bonchev–Trinajstić information content (AvgIpc) is 2.73. The third kappa shape index (κ3) is 5.05. The molecule has 0 unspecified atom stereocenters. The molecule has 0 aliphatic rings. The minimum absolute atomic E-state index is 0.101. The van der Waals surface area contributed by atoms with Crippen LogP contribution < -0.4 is 10.6 Å². The van der Waals surface area contributed by atoms with Gasteiger partial charge in [0.05, 0.1) is 11.4 Å². The summed E-state index contributed by atoms with van der Waals surface area (Å²) in [6, 6.07) is 6.62. The van der Waals surface area contributed by atoms with Crippen molar-refractivity contribution in [3.63, 3.8) is 0 Å². The Morgan fingerprint density at radius 2 is 1.37 bits per heavy atom. The number of aromatic hydroxyl groups is 2. The molecule has 30 heavy (non-hydrogen) atoms. The van der Waals surface area contributed by atoms with Crippen molar-refractivity contribution in [1.29, 1.82) is 0 Å². The predicted molar refractivity (Wildman–Crippen MR) is 121 cm³/mol. The highest BCUT2D eigenvalue weighted by Gasteiger charge is 2.17. The molecule has 0 radical (unpaired) electrons. The van der Waals surface area contributed by atoms with Crippen molar-refractivity contribution in [2.75, 3.05) is 10.6 Å². The van der Waals surface area contributed by atoms with E-state index in [1.807, 2.05) is 0 Å². The minimum atomic E-state index is -0.490. The topological polar surface area (TPSA) is 98.7 Å². The number of phenolic OH excluding ortho intramolecular Hbond substituents is 2. The van der Waals surface area contributed by atoms with Gasteiger partial charge in [-0.1, -0.05) is 25.3 Å². The fourth-order valence-corrected chi connectivity index (χ4v) is 2.92. The van der Waals surface area contributed by atoms with Gasteiger partial charge in [-0.05, 0) is 60.4 Å². The maximum atomic E-state index is 11.8. The van der Waals surface area contributed by atoms with Gasteiger partial charge < -0.3 is 20.8 Å². The molecule has 0 heterocycles. The number of hydrogen-bond donors (Lipinski definition) is 4. The third-order valence-corrected chi connectivity index (χ3v) is 4.30. The molecule has 6 heteroatoms. The maximum Gasteiger partial charge on any atom is 0.247 e. The lowest BCUT2D eigenvalue weighted by Gasteiger charge is -2.16. The number of allylic oxidation sites excluding steroid dienone is 2. The summed E-state index contributed by atoms with van der Waals surface area (Å²) in [4.78, 5) is 23.6. The number of carbonyl (C=O) groups is 2. The lowest BCUT2D eigenvalue weighted by Crippen LogP contribution is -2.09. The van der Waals surface area contributed by atoms with Crippen molar-refractivity contribution in [2.24, 2.45) is 0 Å². The highest BCUT2D eigenvalue weighted by Crippen LogP contribution is 2.41. The molecule has 0 spiro atoms. The molecule has 0 aliphatic heterocycles. The Morgan fingerprint density at radius 1 is 0.800 bits per heavy atom. The third-order valence-electron chi connectivity index (χ3n) is 4.30. The van der Waals surface area contributed by atoms with Gasteiger partial charge in [0, 0.05) is 11.1 Å². The zero-order chi connectivity index (χ0) is 22.3. The number of benzene rings is 2. The maximum absolute atomic E-state index is 11.8. The van der Waals surface area contributed by atoms with Crippen molar-refractivity contribution in [3.05, 3.63) is 86.0 Å². The lowest BCUT2D eigenvalue weighted by atomic mass is 9.95. The quantitative estimate of drug-likeness (QED) is 0.281. The number of anilines is 2. The van der Waals surface area contributed by atoms with Crippen LogP contribution in [0.3, 0.4) is 0 Å². The highest BCUT2D eigenvalue weighted by molar-refractivity contribution is 6.02. The molecule has 0 saturated heterocycles. The standard InChI is InChI=1S/C24H24N2O4/c1-5-9-15-11-18(24(30)19(12-15)25-21(27)7-3)17-13-16(10-6-2)23(29)20(14-17)26-22(28)8-4/h5-8,11-14,29-30H,1-4,9-10H2,(H,25,27)(H,26,28). The first-order chi connectivity index (χ1) is 14.3. The Morgan fingerprint density at radius 3 is 1.90 bits per heavy atom. The molecule has 2 amide bonds. The van der Waals surface area contributed by atoms with Gasteiger partial charge in [0.2, 0.25) is 11.8 Å². The van der Waals surface area contributed by atoms with Gasteiger partial charge in [-0.15, -0.1) is 13.2 Å². The summed E-state index contributed by atoms with van der Waals surface area (Å²) in [6.07, 6.45) is 6.34. The summed E-state index contributed by atoms with van der Waals surface area (Å²) < 4.78 is 0. The van der Waals surface area contributed by atoms with Crippen LogP contribution in [0.25, 0.3) is 11.1 Å². The normalized spacial score (nSPS) is 10.0. The number of amides is 2. The van der Waals surface area contributed by atoms with E-state index in [0.717, 1.165) is 17.7 Å². The summed E-state index contributed by atoms with van der Waals surface area (Å²) in [5.41, 5.74) is 2.62. The van der Waals surface area contributed by atoms with E-state index >= 15 is 0 Å². The van der Waals surface area contributed by atoms with E-state index in [1.165, 1.54) is 6.07 Å². The van der Waals surface area contributed by atoms with Crippen LogP contribution in [0.2, 0.25) is 0 Å². The summed E-state index contributed by atoms with van der Waals surface area (Å²) in [6.45, 7) is 14.2. The summed E-state index contributed by atoms with van der Waals surface area (Å²) >= 11 is 0. The molecule has 0 bridgehead atoms. The Kier molecular flexibility index (Phi) is 7.36. The molecule has 0 aliphatic carbocycles. The molecule has 154 valence electrons. The first-order valence-electron chi connectivity index (χ1n) is 9.15. The van der Waals surface area contributed by atoms with Crippen LogP contribution >= 0.6 is 0 Å². The van der Waals surface area contributed by atoms with Crippen LogP contribution in [-0.2, 0) is 22.4 Å². The lowest BCUT2D eigenvalue weighted by molar-refractivity contribution is -0.112. The summed E-state index contributed by atoms with van der Waals surface area (Å²) in [5, 5.41) is 26.5. The van der Waals surface area contributed by atoms with Crippen LogP contribution in [0.15, 0.2) is 74.9 Å². The minimum Gasteiger partial charge on any atom is -0.505 e. The highest BCUT2D eigenvalue weighted by atomic mass is 16.3. The fraction of sp³-hybridized carbons (Fsp3) is 0.0833. The van der Waals surface area contributed by atoms with E-state index < -0.39 is 11.8 Å². The number of nitrogens with one attached hydrogen (secondary N) is 2. The number of hydrogen-bond acceptors (Lipinski definition) is 4. The number of phenols is 2. The average molecular weight is 404 g/mol. The largest absolute Gasteiger partial charge is 0.505 e. The van der Waals surface area contributed by atoms with Crippen molar-refractivity contribution >= 4 is 23.2 Å². The SMILES string of the molecule is C=CCc1cc(NC(=O)C=C)c(O)c(-c2cc(CC=C)c(O)c(NC(=O)C=C)c2)c1. The number of carbonyl (C=O) groups excluding carboxylic acids is 2. The van der Waals surface area contributed by atoms with Crippen molar-refractivity contribution < 1.29 is 19.8 Å². The van der Waals surface area contributed by atoms with Crippen LogP contribution in [0.5, 0.6) is 11.5 Å². The van der Waals surface area contributed by atoms with Gasteiger partial charge in [0.15, 0.2) is 0 Å². The van der Waals surface area contributed by atoms with Gasteiger partial charge in [-0.3, -0.25) is 9.59 Å². The zero-order valence-corrected chi connectivity index (χ0v) is 16.6. The summed E-state index contributed by atoms with van der Waals surface area (Å²) in [5.74, 6) is -1.22. The molecule has 2 rings (SSSR count). The first-order valence-corrected chi connectivity index (χ1v) is 9.15. The second-order valence-electron chi connectivity index (χ2n) is 6.44. The molecule has 0 fully saturated rings. The van der Waals surface area contributed by atoms with Crippen molar-refractivity contribution in [2.45, 2.75) is 12.8 Å². The zero-order valence-electron chi connectivity index (χ0n) is 16.6. The van der Waals surface area contributed by atoms with E-state index in [0.29, 0.717) is 29.5 Å². The van der Waals surface area contributed by atoms with Crippen LogP contribution in [0, 0.1) is 0 Å². The van der Waals surface area contributed by atoms with Crippen LogP contribution in [-0.4, -0.2) is 22.0 Å². The van der Waals surface area contributed by atoms with E-state index in [9.17, 15) is 19.8 Å². The molecular formula is C24H24N2O4. The second kappa shape index (κ2) is 9.93. The molecule has 2 aromatic carbocycles. The fourth-order valence-electron chi connectivity index (χ4n) is 2.92. The number of rotatable bonds is 9. The molecule has 0 aromatic heterocycles. The molecular weight excluding hydrogens is 380 g/mol. The Hall–Kier alpha value is -4.06. The molecule has 0 saturated carbocycles.